The van der Waals surface area contributed by atoms with E-state index >= 15 is 0 Å². The summed E-state index contributed by atoms with van der Waals surface area (Å²) in [5, 5.41) is 2.88. The fourth-order valence-electron chi connectivity index (χ4n) is 3.45. The second kappa shape index (κ2) is 8.25. The lowest BCUT2D eigenvalue weighted by Crippen LogP contribution is -2.43. The van der Waals surface area contributed by atoms with Crippen LogP contribution in [-0.2, 0) is 20.9 Å². The van der Waals surface area contributed by atoms with Gasteiger partial charge < -0.3 is 5.32 Å². The van der Waals surface area contributed by atoms with Crippen molar-refractivity contribution in [3.63, 3.8) is 0 Å². The van der Waals surface area contributed by atoms with Crippen molar-refractivity contribution in [3.05, 3.63) is 35.9 Å². The number of nitrogens with one attached hydrogen (secondary N) is 1. The Morgan fingerprint density at radius 1 is 1.04 bits per heavy atom. The van der Waals surface area contributed by atoms with Crippen LogP contribution in [0.1, 0.15) is 31.2 Å². The van der Waals surface area contributed by atoms with Crippen LogP contribution >= 0.6 is 0 Å². The quantitative estimate of drug-likeness (QED) is 0.787. The molecule has 0 bridgehead atoms. The lowest BCUT2D eigenvalue weighted by molar-refractivity contribution is -0.142. The summed E-state index contributed by atoms with van der Waals surface area (Å²) in [6, 6.07) is 10.4. The van der Waals surface area contributed by atoms with E-state index in [1.807, 2.05) is 6.07 Å². The van der Waals surface area contributed by atoms with Crippen molar-refractivity contribution in [2.75, 3.05) is 26.2 Å². The van der Waals surface area contributed by atoms with Gasteiger partial charge >= 0.3 is 0 Å². The molecule has 3 amide bonds. The fourth-order valence-corrected chi connectivity index (χ4v) is 3.45. The first-order valence-corrected chi connectivity index (χ1v) is 8.98. The van der Waals surface area contributed by atoms with Crippen molar-refractivity contribution in [1.82, 2.24) is 15.1 Å². The average Bonchev–Trinajstić information content (AvgIpc) is 2.94. The van der Waals surface area contributed by atoms with Gasteiger partial charge in [-0.3, -0.25) is 24.2 Å². The molecule has 0 aromatic heterocycles. The number of rotatable bonds is 6. The first-order chi connectivity index (χ1) is 12.1. The van der Waals surface area contributed by atoms with Gasteiger partial charge in [0.25, 0.3) is 0 Å². The molecule has 25 heavy (non-hydrogen) atoms. The Kier molecular flexibility index (Phi) is 5.81. The third kappa shape index (κ3) is 4.89. The number of imide groups is 1. The van der Waals surface area contributed by atoms with Gasteiger partial charge in [0.2, 0.25) is 17.7 Å². The summed E-state index contributed by atoms with van der Waals surface area (Å²) in [7, 11) is 0. The molecule has 0 radical (unpaired) electrons. The summed E-state index contributed by atoms with van der Waals surface area (Å²) in [6.07, 6.45) is 2.56. The number of amides is 3. The molecule has 0 spiro atoms. The molecule has 2 fully saturated rings. The van der Waals surface area contributed by atoms with E-state index in [1.54, 1.807) is 0 Å². The second-order valence-electron chi connectivity index (χ2n) is 6.88. The zero-order valence-electron chi connectivity index (χ0n) is 14.4. The van der Waals surface area contributed by atoms with Gasteiger partial charge in [0.05, 0.1) is 0 Å². The number of likely N-dealkylation sites (tertiary alicyclic amines) is 2. The highest BCUT2D eigenvalue weighted by Gasteiger charge is 2.30. The van der Waals surface area contributed by atoms with Gasteiger partial charge in [-0.25, -0.2) is 0 Å². The fraction of sp³-hybridized carbons (Fsp3) is 0.526. The molecular weight excluding hydrogens is 318 g/mol. The molecule has 3 rings (SSSR count). The monoisotopic (exact) mass is 343 g/mol. The number of carbonyl (C=O) groups excluding carboxylic acids is 3. The van der Waals surface area contributed by atoms with E-state index in [4.69, 9.17) is 0 Å². The summed E-state index contributed by atoms with van der Waals surface area (Å²) in [6.45, 7) is 3.51. The van der Waals surface area contributed by atoms with Gasteiger partial charge in [-0.2, -0.15) is 0 Å². The Bertz CT molecular complexity index is 608. The zero-order chi connectivity index (χ0) is 17.6. The van der Waals surface area contributed by atoms with Crippen LogP contribution < -0.4 is 5.32 Å². The highest BCUT2D eigenvalue weighted by Crippen LogP contribution is 2.18. The second-order valence-corrected chi connectivity index (χ2v) is 6.88. The van der Waals surface area contributed by atoms with E-state index in [9.17, 15) is 14.4 Å². The standard InChI is InChI=1S/C19H25N3O3/c23-17(14-22-18(24)6-7-19(22)25)20-12-15-8-10-21(11-9-15)13-16-4-2-1-3-5-16/h1-5,15H,6-14H2,(H,20,23). The topological polar surface area (TPSA) is 69.7 Å². The van der Waals surface area contributed by atoms with Crippen LogP contribution in [0.4, 0.5) is 0 Å². The van der Waals surface area contributed by atoms with Crippen LogP contribution in [0.25, 0.3) is 0 Å². The van der Waals surface area contributed by atoms with Crippen molar-refractivity contribution in [1.29, 1.82) is 0 Å². The van der Waals surface area contributed by atoms with E-state index in [1.165, 1.54) is 5.56 Å². The van der Waals surface area contributed by atoms with Gasteiger partial charge in [-0.1, -0.05) is 30.3 Å². The van der Waals surface area contributed by atoms with E-state index in [2.05, 4.69) is 34.5 Å². The lowest BCUT2D eigenvalue weighted by Gasteiger charge is -2.32. The van der Waals surface area contributed by atoms with E-state index in [0.29, 0.717) is 12.5 Å². The largest absolute Gasteiger partial charge is 0.354 e. The lowest BCUT2D eigenvalue weighted by atomic mass is 9.96. The highest BCUT2D eigenvalue weighted by atomic mass is 16.2. The van der Waals surface area contributed by atoms with E-state index in [0.717, 1.165) is 37.4 Å². The predicted octanol–water partition coefficient (Wildman–Crippen LogP) is 1.16. The summed E-state index contributed by atoms with van der Waals surface area (Å²) < 4.78 is 0. The van der Waals surface area contributed by atoms with Gasteiger partial charge in [0.1, 0.15) is 6.54 Å². The number of nitrogens with zero attached hydrogens (tertiary/aromatic N) is 2. The molecule has 0 unspecified atom stereocenters. The molecule has 6 heteroatoms. The molecule has 2 aliphatic heterocycles. The number of piperidine rings is 1. The molecular formula is C19H25N3O3. The highest BCUT2D eigenvalue weighted by molar-refractivity contribution is 6.04. The maximum atomic E-state index is 12.0. The van der Waals surface area contributed by atoms with Crippen LogP contribution in [-0.4, -0.2) is 53.7 Å². The molecule has 2 heterocycles. The molecule has 1 N–H and O–H groups in total. The van der Waals surface area contributed by atoms with Gasteiger partial charge in [0.15, 0.2) is 0 Å². The van der Waals surface area contributed by atoms with Crippen molar-refractivity contribution in [2.45, 2.75) is 32.2 Å². The van der Waals surface area contributed by atoms with Crippen LogP contribution in [0.3, 0.4) is 0 Å². The normalized spacial score (nSPS) is 19.4. The minimum absolute atomic E-state index is 0.134. The molecule has 2 aliphatic rings. The van der Waals surface area contributed by atoms with Crippen molar-refractivity contribution < 1.29 is 14.4 Å². The third-order valence-electron chi connectivity index (χ3n) is 5.00. The number of hydrogen-bond donors (Lipinski definition) is 1. The SMILES string of the molecule is O=C(CN1C(=O)CCC1=O)NCC1CCN(Cc2ccccc2)CC1. The molecule has 1 aromatic carbocycles. The average molecular weight is 343 g/mol. The first-order valence-electron chi connectivity index (χ1n) is 8.98. The van der Waals surface area contributed by atoms with Crippen molar-refractivity contribution in [2.24, 2.45) is 5.92 Å². The number of benzene rings is 1. The Balaban J connectivity index is 1.35. The van der Waals surface area contributed by atoms with Crippen LogP contribution in [0, 0.1) is 5.92 Å². The predicted molar refractivity (Wildman–Crippen MR) is 93.4 cm³/mol. The van der Waals surface area contributed by atoms with Crippen LogP contribution in [0.2, 0.25) is 0 Å². The summed E-state index contributed by atoms with van der Waals surface area (Å²) in [5.41, 5.74) is 1.33. The molecule has 2 saturated heterocycles. The first kappa shape index (κ1) is 17.6. The Labute approximate surface area is 148 Å². The summed E-state index contributed by atoms with van der Waals surface area (Å²) in [4.78, 5) is 38.5. The summed E-state index contributed by atoms with van der Waals surface area (Å²) in [5.74, 6) is -0.264. The van der Waals surface area contributed by atoms with Crippen LogP contribution in [0.5, 0.6) is 0 Å². The molecule has 0 atom stereocenters. The Morgan fingerprint density at radius 2 is 1.68 bits per heavy atom. The number of carbonyl (C=O) groups is 3. The van der Waals surface area contributed by atoms with Crippen molar-refractivity contribution in [3.8, 4) is 0 Å². The molecule has 0 saturated carbocycles. The zero-order valence-corrected chi connectivity index (χ0v) is 14.4. The molecule has 1 aromatic rings. The van der Waals surface area contributed by atoms with E-state index < -0.39 is 0 Å². The Morgan fingerprint density at radius 3 is 2.32 bits per heavy atom. The van der Waals surface area contributed by atoms with Gasteiger partial charge in [0, 0.05) is 25.9 Å². The third-order valence-corrected chi connectivity index (χ3v) is 5.00. The summed E-state index contributed by atoms with van der Waals surface area (Å²) >= 11 is 0. The Hall–Kier alpha value is -2.21. The van der Waals surface area contributed by atoms with Gasteiger partial charge in [-0.05, 0) is 37.4 Å². The van der Waals surface area contributed by atoms with Gasteiger partial charge in [-0.15, -0.1) is 0 Å². The van der Waals surface area contributed by atoms with E-state index in [-0.39, 0.29) is 37.1 Å². The molecule has 134 valence electrons. The van der Waals surface area contributed by atoms with Crippen molar-refractivity contribution >= 4 is 17.7 Å². The maximum Gasteiger partial charge on any atom is 0.240 e. The minimum Gasteiger partial charge on any atom is -0.354 e. The molecule has 0 aliphatic carbocycles. The maximum absolute atomic E-state index is 12.0. The number of hydrogen-bond acceptors (Lipinski definition) is 4. The van der Waals surface area contributed by atoms with Crippen LogP contribution in [0.15, 0.2) is 30.3 Å². The smallest absolute Gasteiger partial charge is 0.240 e. The molecule has 6 nitrogen and oxygen atoms in total. The minimum atomic E-state index is -0.241.